The molecule has 0 heterocycles. The van der Waals surface area contributed by atoms with Crippen LogP contribution in [0.3, 0.4) is 0 Å². The zero-order valence-electron chi connectivity index (χ0n) is 6.13. The van der Waals surface area contributed by atoms with Gasteiger partial charge in [-0.15, -0.1) is 0 Å². The topological polar surface area (TPSA) is 43.1 Å². The van der Waals surface area contributed by atoms with Gasteiger partial charge < -0.3 is 0 Å². The van der Waals surface area contributed by atoms with Crippen molar-refractivity contribution >= 4 is 0 Å². The van der Waals surface area contributed by atoms with Crippen molar-refractivity contribution in [2.24, 2.45) is 0 Å². The molecule has 0 aromatic carbocycles. The zero-order valence-corrected chi connectivity index (χ0v) is 6.13. The van der Waals surface area contributed by atoms with Crippen LogP contribution in [0, 0.1) is 10.1 Å². The van der Waals surface area contributed by atoms with Crippen molar-refractivity contribution in [2.75, 3.05) is 0 Å². The molecule has 0 atom stereocenters. The van der Waals surface area contributed by atoms with Gasteiger partial charge in [0, 0.05) is 6.42 Å². The lowest BCUT2D eigenvalue weighted by Gasteiger charge is -2.05. The fraction of sp³-hybridized carbons (Fsp3) is 0.429. The molecule has 3 nitrogen and oxygen atoms in total. The highest BCUT2D eigenvalue weighted by Crippen LogP contribution is 2.24. The Hall–Kier alpha value is -1.19. The molecule has 0 radical (unpaired) electrons. The van der Waals surface area contributed by atoms with E-state index in [2.05, 4.69) is 0 Å². The standard InChI is InChI=1S/C7H8FNO2/c1-5-2-3-7(9(10)11)6(8)4-5/h4H,2-3H2,1H3. The minimum absolute atomic E-state index is 0.209. The highest BCUT2D eigenvalue weighted by atomic mass is 19.1. The first kappa shape index (κ1) is 7.91. The number of hydrogen-bond donors (Lipinski definition) is 0. The Balaban J connectivity index is 2.95. The van der Waals surface area contributed by atoms with Crippen molar-refractivity contribution in [1.82, 2.24) is 0 Å². The molecule has 60 valence electrons. The Kier molecular flexibility index (Phi) is 2.03. The van der Waals surface area contributed by atoms with Crippen LogP contribution in [0.15, 0.2) is 23.2 Å². The van der Waals surface area contributed by atoms with Crippen LogP contribution in [-0.2, 0) is 0 Å². The Labute approximate surface area is 63.4 Å². The molecule has 0 aromatic heterocycles. The van der Waals surface area contributed by atoms with Crippen LogP contribution in [0.5, 0.6) is 0 Å². The maximum atomic E-state index is 12.7. The zero-order chi connectivity index (χ0) is 8.43. The second kappa shape index (κ2) is 2.82. The lowest BCUT2D eigenvalue weighted by molar-refractivity contribution is -0.430. The predicted molar refractivity (Wildman–Crippen MR) is 38.1 cm³/mol. The molecule has 1 aliphatic carbocycles. The Morgan fingerprint density at radius 2 is 2.27 bits per heavy atom. The minimum Gasteiger partial charge on any atom is -0.259 e. The van der Waals surface area contributed by atoms with Gasteiger partial charge in [-0.2, -0.15) is 4.39 Å². The van der Waals surface area contributed by atoms with Gasteiger partial charge >= 0.3 is 0 Å². The van der Waals surface area contributed by atoms with Crippen molar-refractivity contribution < 1.29 is 9.31 Å². The van der Waals surface area contributed by atoms with Gasteiger partial charge in [-0.3, -0.25) is 10.1 Å². The summed E-state index contributed by atoms with van der Waals surface area (Å²) in [6, 6.07) is 0. The van der Waals surface area contributed by atoms with E-state index in [1.54, 1.807) is 6.92 Å². The molecule has 4 heteroatoms. The van der Waals surface area contributed by atoms with E-state index < -0.39 is 10.8 Å². The van der Waals surface area contributed by atoms with E-state index in [4.69, 9.17) is 0 Å². The molecule has 1 rings (SSSR count). The maximum Gasteiger partial charge on any atom is 0.281 e. The third-order valence-corrected chi connectivity index (χ3v) is 1.63. The second-order valence-corrected chi connectivity index (χ2v) is 2.54. The van der Waals surface area contributed by atoms with Gasteiger partial charge in [0.05, 0.1) is 4.92 Å². The number of rotatable bonds is 1. The minimum atomic E-state index is -0.696. The van der Waals surface area contributed by atoms with Gasteiger partial charge in [-0.1, -0.05) is 5.57 Å². The molecule has 0 aliphatic heterocycles. The van der Waals surface area contributed by atoms with Crippen LogP contribution in [0.25, 0.3) is 0 Å². The second-order valence-electron chi connectivity index (χ2n) is 2.54. The first-order valence-electron chi connectivity index (χ1n) is 3.31. The Morgan fingerprint density at radius 3 is 2.73 bits per heavy atom. The van der Waals surface area contributed by atoms with Gasteiger partial charge in [0.2, 0.25) is 0 Å². The first-order chi connectivity index (χ1) is 5.11. The van der Waals surface area contributed by atoms with Crippen LogP contribution < -0.4 is 0 Å². The molecule has 0 saturated carbocycles. The summed E-state index contributed by atoms with van der Waals surface area (Å²) in [5.74, 6) is -0.696. The van der Waals surface area contributed by atoms with Crippen LogP contribution in [0.2, 0.25) is 0 Å². The number of hydrogen-bond acceptors (Lipinski definition) is 2. The first-order valence-corrected chi connectivity index (χ1v) is 3.31. The summed E-state index contributed by atoms with van der Waals surface area (Å²) in [6.07, 6.45) is 2.02. The fourth-order valence-electron chi connectivity index (χ4n) is 0.985. The molecule has 0 amide bonds. The SMILES string of the molecule is CC1=CC(F)=C([N+](=O)[O-])CC1. The molecule has 0 saturated heterocycles. The summed E-state index contributed by atoms with van der Waals surface area (Å²) < 4.78 is 12.7. The Bertz CT molecular complexity index is 255. The lowest BCUT2D eigenvalue weighted by Crippen LogP contribution is -2.04. The molecule has 0 unspecified atom stereocenters. The molecule has 0 spiro atoms. The number of nitrogens with zero attached hydrogens (tertiary/aromatic N) is 1. The largest absolute Gasteiger partial charge is 0.281 e. The predicted octanol–water partition coefficient (Wildman–Crippen LogP) is 2.18. The molecule has 0 bridgehead atoms. The molecule has 0 aromatic rings. The Morgan fingerprint density at radius 1 is 1.64 bits per heavy atom. The average molecular weight is 157 g/mol. The van der Waals surface area contributed by atoms with Crippen molar-refractivity contribution in [3.8, 4) is 0 Å². The summed E-state index contributed by atoms with van der Waals surface area (Å²) >= 11 is 0. The third-order valence-electron chi connectivity index (χ3n) is 1.63. The summed E-state index contributed by atoms with van der Waals surface area (Å²) in [7, 11) is 0. The van der Waals surface area contributed by atoms with Crippen LogP contribution in [0.1, 0.15) is 19.8 Å². The molecule has 1 aliphatic rings. The maximum absolute atomic E-state index is 12.7. The average Bonchev–Trinajstić information content (AvgIpc) is 1.85. The summed E-state index contributed by atoms with van der Waals surface area (Å²) in [4.78, 5) is 9.50. The molecule has 11 heavy (non-hydrogen) atoms. The van der Waals surface area contributed by atoms with E-state index in [1.807, 2.05) is 0 Å². The van der Waals surface area contributed by atoms with E-state index in [0.29, 0.717) is 6.42 Å². The summed E-state index contributed by atoms with van der Waals surface area (Å²) in [6.45, 7) is 1.76. The third kappa shape index (κ3) is 1.63. The van der Waals surface area contributed by atoms with Crippen LogP contribution in [-0.4, -0.2) is 4.92 Å². The molecule has 0 fully saturated rings. The summed E-state index contributed by atoms with van der Waals surface area (Å²) in [5, 5.41) is 10.1. The smallest absolute Gasteiger partial charge is 0.259 e. The quantitative estimate of drug-likeness (QED) is 0.432. The van der Waals surface area contributed by atoms with E-state index in [0.717, 1.165) is 5.57 Å². The van der Waals surface area contributed by atoms with Crippen LogP contribution in [0.4, 0.5) is 4.39 Å². The van der Waals surface area contributed by atoms with E-state index in [1.165, 1.54) is 6.08 Å². The molecular weight excluding hydrogens is 149 g/mol. The monoisotopic (exact) mass is 157 g/mol. The van der Waals surface area contributed by atoms with Crippen molar-refractivity contribution in [3.05, 3.63) is 33.3 Å². The normalized spacial score (nSPS) is 18.2. The van der Waals surface area contributed by atoms with Gasteiger partial charge in [0.1, 0.15) is 0 Å². The van der Waals surface area contributed by atoms with E-state index in [-0.39, 0.29) is 12.1 Å². The lowest BCUT2D eigenvalue weighted by atomic mass is 10.0. The van der Waals surface area contributed by atoms with Crippen LogP contribution >= 0.6 is 0 Å². The van der Waals surface area contributed by atoms with E-state index in [9.17, 15) is 14.5 Å². The van der Waals surface area contributed by atoms with Gasteiger partial charge in [-0.05, 0) is 19.4 Å². The van der Waals surface area contributed by atoms with Crippen molar-refractivity contribution in [1.29, 1.82) is 0 Å². The number of allylic oxidation sites excluding steroid dienone is 4. The van der Waals surface area contributed by atoms with Gasteiger partial charge in [-0.25, -0.2) is 0 Å². The van der Waals surface area contributed by atoms with Crippen molar-refractivity contribution in [2.45, 2.75) is 19.8 Å². The molecule has 0 N–H and O–H groups in total. The number of halogens is 1. The van der Waals surface area contributed by atoms with Crippen molar-refractivity contribution in [3.63, 3.8) is 0 Å². The van der Waals surface area contributed by atoms with Gasteiger partial charge in [0.15, 0.2) is 5.83 Å². The fourth-order valence-corrected chi connectivity index (χ4v) is 0.985. The summed E-state index contributed by atoms with van der Waals surface area (Å²) in [5.41, 5.74) is 0.559. The van der Waals surface area contributed by atoms with Gasteiger partial charge in [0.25, 0.3) is 5.70 Å². The van der Waals surface area contributed by atoms with E-state index >= 15 is 0 Å². The molecular formula is C7H8FNO2. The highest BCUT2D eigenvalue weighted by Gasteiger charge is 2.20. The number of nitro groups is 1. The highest BCUT2D eigenvalue weighted by molar-refractivity contribution is 5.24.